The van der Waals surface area contributed by atoms with Crippen molar-refractivity contribution in [3.63, 3.8) is 0 Å². The van der Waals surface area contributed by atoms with E-state index < -0.39 is 11.7 Å². The highest BCUT2D eigenvalue weighted by molar-refractivity contribution is 5.86. The summed E-state index contributed by atoms with van der Waals surface area (Å²) in [5.74, 6) is 0.728. The lowest BCUT2D eigenvalue weighted by molar-refractivity contribution is 0.0636. The zero-order chi connectivity index (χ0) is 14.6. The molecule has 0 aliphatic rings. The Bertz CT molecular complexity index is 447. The summed E-state index contributed by atoms with van der Waals surface area (Å²) in [6.07, 6.45) is -0.366. The Balaban J connectivity index is 2.79. The second kappa shape index (κ2) is 5.95. The molecule has 1 amide bonds. The molecule has 1 aromatic carbocycles. The number of carbonyl (C=O) groups excluding carboxylic acids is 1. The largest absolute Gasteiger partial charge is 0.491 e. The van der Waals surface area contributed by atoms with E-state index in [0.29, 0.717) is 5.69 Å². The average Bonchev–Trinajstić information content (AvgIpc) is 2.19. The smallest absolute Gasteiger partial charge is 0.412 e. The minimum atomic E-state index is -0.510. The number of aryl methyl sites for hydroxylation is 1. The molecule has 0 saturated heterocycles. The molecule has 0 aliphatic carbocycles. The molecule has 4 nitrogen and oxygen atoms in total. The Hall–Kier alpha value is -1.71. The molecule has 1 N–H and O–H groups in total. The summed E-state index contributed by atoms with van der Waals surface area (Å²) in [5, 5.41) is 2.74. The van der Waals surface area contributed by atoms with Gasteiger partial charge in [0.15, 0.2) is 0 Å². The fourth-order valence-corrected chi connectivity index (χ4v) is 1.49. The monoisotopic (exact) mass is 265 g/mol. The number of benzene rings is 1. The van der Waals surface area contributed by atoms with Gasteiger partial charge in [-0.2, -0.15) is 0 Å². The number of rotatable bonds is 3. The van der Waals surface area contributed by atoms with Crippen molar-refractivity contribution in [1.82, 2.24) is 0 Å². The minimum Gasteiger partial charge on any atom is -0.491 e. The lowest BCUT2D eigenvalue weighted by atomic mass is 10.2. The van der Waals surface area contributed by atoms with E-state index in [4.69, 9.17) is 9.47 Å². The third kappa shape index (κ3) is 5.64. The first kappa shape index (κ1) is 15.3. The quantitative estimate of drug-likeness (QED) is 0.893. The predicted molar refractivity (Wildman–Crippen MR) is 76.8 cm³/mol. The van der Waals surface area contributed by atoms with Gasteiger partial charge in [0, 0.05) is 6.07 Å². The molecule has 19 heavy (non-hydrogen) atoms. The van der Waals surface area contributed by atoms with Crippen LogP contribution in [-0.2, 0) is 4.74 Å². The molecule has 0 aliphatic heterocycles. The molecule has 0 fully saturated rings. The van der Waals surface area contributed by atoms with Crippen LogP contribution >= 0.6 is 0 Å². The fraction of sp³-hybridized carbons (Fsp3) is 0.533. The van der Waals surface area contributed by atoms with Crippen molar-refractivity contribution in [3.05, 3.63) is 23.8 Å². The summed E-state index contributed by atoms with van der Waals surface area (Å²) in [6, 6.07) is 5.60. The zero-order valence-corrected chi connectivity index (χ0v) is 12.5. The van der Waals surface area contributed by atoms with Crippen molar-refractivity contribution < 1.29 is 14.3 Å². The van der Waals surface area contributed by atoms with E-state index in [1.807, 2.05) is 53.7 Å². The summed E-state index contributed by atoms with van der Waals surface area (Å²) < 4.78 is 10.8. The average molecular weight is 265 g/mol. The number of hydrogen-bond acceptors (Lipinski definition) is 3. The fourth-order valence-electron chi connectivity index (χ4n) is 1.49. The van der Waals surface area contributed by atoms with E-state index in [0.717, 1.165) is 11.3 Å². The van der Waals surface area contributed by atoms with Crippen LogP contribution in [0.15, 0.2) is 18.2 Å². The van der Waals surface area contributed by atoms with Crippen LogP contribution in [0.25, 0.3) is 0 Å². The topological polar surface area (TPSA) is 47.6 Å². The van der Waals surface area contributed by atoms with Gasteiger partial charge in [0.25, 0.3) is 0 Å². The van der Waals surface area contributed by atoms with Crippen molar-refractivity contribution in [2.24, 2.45) is 0 Å². The third-order valence-electron chi connectivity index (χ3n) is 2.22. The van der Waals surface area contributed by atoms with E-state index in [9.17, 15) is 4.79 Å². The maximum absolute atomic E-state index is 11.7. The molecule has 0 unspecified atom stereocenters. The summed E-state index contributed by atoms with van der Waals surface area (Å²) in [5.41, 5.74) is 1.15. The normalized spacial score (nSPS) is 11.3. The molecule has 1 aromatic rings. The number of carbonyl (C=O) groups is 1. The van der Waals surface area contributed by atoms with Gasteiger partial charge >= 0.3 is 6.09 Å². The lowest BCUT2D eigenvalue weighted by Gasteiger charge is -2.20. The Kier molecular flexibility index (Phi) is 4.81. The van der Waals surface area contributed by atoms with E-state index in [2.05, 4.69) is 5.32 Å². The summed E-state index contributed by atoms with van der Waals surface area (Å²) >= 11 is 0. The minimum absolute atomic E-state index is 0.0945. The molecule has 0 radical (unpaired) electrons. The summed E-state index contributed by atoms with van der Waals surface area (Å²) in [4.78, 5) is 11.7. The van der Waals surface area contributed by atoms with Crippen molar-refractivity contribution >= 4 is 11.8 Å². The van der Waals surface area contributed by atoms with Crippen molar-refractivity contribution in [1.29, 1.82) is 0 Å². The molecular weight excluding hydrogens is 242 g/mol. The Morgan fingerprint density at radius 2 is 1.89 bits per heavy atom. The van der Waals surface area contributed by atoms with Crippen LogP contribution in [0, 0.1) is 6.92 Å². The highest BCUT2D eigenvalue weighted by Gasteiger charge is 2.17. The van der Waals surface area contributed by atoms with Crippen LogP contribution in [-0.4, -0.2) is 17.8 Å². The predicted octanol–water partition coefficient (Wildman–Crippen LogP) is 4.13. The number of ether oxygens (including phenoxy) is 2. The second-order valence-corrected chi connectivity index (χ2v) is 5.77. The van der Waals surface area contributed by atoms with Gasteiger partial charge in [0.1, 0.15) is 11.4 Å². The van der Waals surface area contributed by atoms with Crippen molar-refractivity contribution in [2.45, 2.75) is 53.2 Å². The summed E-state index contributed by atoms with van der Waals surface area (Å²) in [6.45, 7) is 11.3. The SMILES string of the molecule is Cc1ccc(OC(C)C)cc1NC(=O)OC(C)(C)C. The Labute approximate surface area is 115 Å². The van der Waals surface area contributed by atoms with Gasteiger partial charge in [-0.25, -0.2) is 4.79 Å². The molecule has 0 aromatic heterocycles. The number of amides is 1. The van der Waals surface area contributed by atoms with E-state index in [1.165, 1.54) is 0 Å². The first-order chi connectivity index (χ1) is 8.67. The molecule has 0 heterocycles. The number of hydrogen-bond donors (Lipinski definition) is 1. The highest BCUT2D eigenvalue weighted by Crippen LogP contribution is 2.23. The van der Waals surface area contributed by atoms with Crippen molar-refractivity contribution in [3.8, 4) is 5.75 Å². The first-order valence-corrected chi connectivity index (χ1v) is 6.44. The van der Waals surface area contributed by atoms with Crippen LogP contribution in [0.3, 0.4) is 0 Å². The number of nitrogens with one attached hydrogen (secondary N) is 1. The van der Waals surface area contributed by atoms with Crippen LogP contribution in [0.1, 0.15) is 40.2 Å². The lowest BCUT2D eigenvalue weighted by Crippen LogP contribution is -2.27. The molecule has 0 bridgehead atoms. The molecule has 4 heteroatoms. The first-order valence-electron chi connectivity index (χ1n) is 6.44. The molecule has 0 atom stereocenters. The van der Waals surface area contributed by atoms with E-state index in [-0.39, 0.29) is 6.10 Å². The van der Waals surface area contributed by atoms with E-state index in [1.54, 1.807) is 6.07 Å². The van der Waals surface area contributed by atoms with Gasteiger partial charge in [-0.1, -0.05) is 6.07 Å². The molecule has 1 rings (SSSR count). The van der Waals surface area contributed by atoms with Crippen molar-refractivity contribution in [2.75, 3.05) is 5.32 Å². The van der Waals surface area contributed by atoms with E-state index >= 15 is 0 Å². The second-order valence-electron chi connectivity index (χ2n) is 5.77. The van der Waals surface area contributed by atoms with Gasteiger partial charge < -0.3 is 9.47 Å². The van der Waals surface area contributed by atoms with Gasteiger partial charge in [0.2, 0.25) is 0 Å². The number of anilines is 1. The van der Waals surface area contributed by atoms with Gasteiger partial charge in [-0.15, -0.1) is 0 Å². The Morgan fingerprint density at radius 1 is 1.26 bits per heavy atom. The van der Waals surface area contributed by atoms with Gasteiger partial charge in [0.05, 0.1) is 11.8 Å². The van der Waals surface area contributed by atoms with Crippen LogP contribution in [0.4, 0.5) is 10.5 Å². The maximum Gasteiger partial charge on any atom is 0.412 e. The van der Waals surface area contributed by atoms with Gasteiger partial charge in [-0.3, -0.25) is 5.32 Å². The molecule has 0 spiro atoms. The van der Waals surface area contributed by atoms with Crippen LogP contribution in [0.5, 0.6) is 5.75 Å². The van der Waals surface area contributed by atoms with Crippen LogP contribution in [0.2, 0.25) is 0 Å². The summed E-state index contributed by atoms with van der Waals surface area (Å²) in [7, 11) is 0. The van der Waals surface area contributed by atoms with Gasteiger partial charge in [-0.05, 0) is 53.2 Å². The molecule has 106 valence electrons. The molecule has 0 saturated carbocycles. The highest BCUT2D eigenvalue weighted by atomic mass is 16.6. The standard InChI is InChI=1S/C15H23NO3/c1-10(2)18-12-8-7-11(3)13(9-12)16-14(17)19-15(4,5)6/h7-10H,1-6H3,(H,16,17). The third-order valence-corrected chi connectivity index (χ3v) is 2.22. The zero-order valence-electron chi connectivity index (χ0n) is 12.5. The Morgan fingerprint density at radius 3 is 2.42 bits per heavy atom. The van der Waals surface area contributed by atoms with Crippen LogP contribution < -0.4 is 10.1 Å². The molecular formula is C15H23NO3. The maximum atomic E-state index is 11.7.